The van der Waals surface area contributed by atoms with Gasteiger partial charge < -0.3 is 110 Å². The van der Waals surface area contributed by atoms with Crippen LogP contribution in [-0.2, 0) is 92.8 Å². The van der Waals surface area contributed by atoms with Crippen LogP contribution < -0.4 is 64.2 Å². The zero-order valence-corrected chi connectivity index (χ0v) is 58.0. The molecule has 1 aliphatic heterocycles. The number of aromatic hydroxyl groups is 2. The first-order valence-corrected chi connectivity index (χ1v) is 33.5. The average molecular weight is 1460 g/mol. The summed E-state index contributed by atoms with van der Waals surface area (Å²) >= 11 is 0. The maximum Gasteiger partial charge on any atom is 0.326 e. The molecule has 0 unspecified atom stereocenters. The number of imidazole rings is 1. The third-order valence-corrected chi connectivity index (χ3v) is 16.6. The molecule has 4 aromatic rings. The van der Waals surface area contributed by atoms with Gasteiger partial charge in [-0.3, -0.25) is 62.3 Å². The van der Waals surface area contributed by atoms with Gasteiger partial charge in [-0.2, -0.15) is 0 Å². The van der Waals surface area contributed by atoms with Crippen molar-refractivity contribution in [2.75, 3.05) is 32.9 Å². The van der Waals surface area contributed by atoms with Gasteiger partial charge in [-0.25, -0.2) is 9.78 Å². The molecule has 1 aliphatic rings. The number of hydrogen-bond acceptors (Lipinski definition) is 21. The summed E-state index contributed by atoms with van der Waals surface area (Å²) in [4.78, 5) is 197. The van der Waals surface area contributed by atoms with Crippen molar-refractivity contribution in [1.82, 2.24) is 73.4 Å². The van der Waals surface area contributed by atoms with E-state index in [1.165, 1.54) is 81.8 Å². The first kappa shape index (κ1) is 83.6. The lowest BCUT2D eigenvalue weighted by Crippen LogP contribution is -2.62. The number of carbonyl (C=O) groups is 14. The van der Waals surface area contributed by atoms with Crippen molar-refractivity contribution >= 4 is 82.8 Å². The van der Waals surface area contributed by atoms with Crippen molar-refractivity contribution in [1.29, 1.82) is 0 Å². The van der Waals surface area contributed by atoms with Crippen LogP contribution in [0, 0.1) is 11.8 Å². The van der Waals surface area contributed by atoms with Gasteiger partial charge in [0.15, 0.2) is 0 Å². The number of phenols is 2. The topological polar surface area (TPSA) is 571 Å². The Morgan fingerprint density at radius 1 is 0.529 bits per heavy atom. The lowest BCUT2D eigenvalue weighted by molar-refractivity contribution is -0.142. The van der Waals surface area contributed by atoms with Crippen molar-refractivity contribution in [3.8, 4) is 11.5 Å². The minimum atomic E-state index is -1.87. The number of amides is 12. The second-order valence-electron chi connectivity index (χ2n) is 25.7. The van der Waals surface area contributed by atoms with E-state index in [0.29, 0.717) is 22.4 Å². The fourth-order valence-corrected chi connectivity index (χ4v) is 10.9. The molecule has 2 heterocycles. The lowest BCUT2D eigenvalue weighted by Gasteiger charge is -2.30. The number of aliphatic carboxylic acids is 2. The summed E-state index contributed by atoms with van der Waals surface area (Å²) < 4.78 is 0. The number of H-pyrrole nitrogens is 1. The number of aromatic amines is 1. The fourth-order valence-electron chi connectivity index (χ4n) is 10.9. The maximum absolute atomic E-state index is 14.6. The second kappa shape index (κ2) is 41.1. The number of carbonyl (C=O) groups excluding carboxylic acids is 12. The summed E-state index contributed by atoms with van der Waals surface area (Å²) in [5, 5.41) is 96.6. The molecule has 1 saturated heterocycles. The number of aliphatic hydroxyl groups is 3. The third kappa shape index (κ3) is 26.7. The molecule has 12 amide bonds. The highest BCUT2D eigenvalue weighted by molar-refractivity contribution is 6.00. The molecule has 0 spiro atoms. The summed E-state index contributed by atoms with van der Waals surface area (Å²) in [7, 11) is 0. The van der Waals surface area contributed by atoms with Crippen LogP contribution in [0.2, 0.25) is 0 Å². The van der Waals surface area contributed by atoms with Gasteiger partial charge in [0, 0.05) is 44.1 Å². The van der Waals surface area contributed by atoms with Crippen molar-refractivity contribution in [3.05, 3.63) is 114 Å². The van der Waals surface area contributed by atoms with Gasteiger partial charge in [-0.05, 0) is 91.8 Å². The molecule has 566 valence electrons. The van der Waals surface area contributed by atoms with E-state index in [4.69, 9.17) is 5.73 Å². The van der Waals surface area contributed by atoms with Gasteiger partial charge >= 0.3 is 11.9 Å². The summed E-state index contributed by atoms with van der Waals surface area (Å²) in [5.41, 5.74) is 7.84. The number of likely N-dealkylation sites (tertiary alicyclic amines) is 1. The molecule has 0 bridgehead atoms. The highest BCUT2D eigenvalue weighted by atomic mass is 16.4. The molecule has 104 heavy (non-hydrogen) atoms. The van der Waals surface area contributed by atoms with Gasteiger partial charge in [0.25, 0.3) is 0 Å². The fraction of sp³-hybridized carbons (Fsp3) is 0.485. The molecule has 21 N–H and O–H groups in total. The first-order chi connectivity index (χ1) is 49.3. The number of phenolic OH excluding ortho intramolecular Hbond substituents is 2. The quantitative estimate of drug-likeness (QED) is 0.0198. The molecule has 36 nitrogen and oxygen atoms in total. The molecular formula is C68H93N15O21. The SMILES string of the molecule is CC(C)C[C@H](NC(=O)CNC(=O)[C@H](CCC(=O)O)NC(=O)[C@@H]1CCCN1C(=O)[C@H](Cc1cnc[nH]1)NC(=O)[C@H](C)NC(=O)[C@H](Cc1ccc(O)cc1)NC(=O)[C@H](CO)NC(=O)[C@@H](NC(=O)[C@H](CO)NC(=O)[C@H](Cc1ccc(O)cc1)NC(=O)[C@H](CO)NC(=O)[C@@H](N)Cc1ccccc1)C(C)C)C(=O)O. The smallest absolute Gasteiger partial charge is 0.326 e. The van der Waals surface area contributed by atoms with Crippen LogP contribution in [-0.4, -0.2) is 239 Å². The molecule has 5 rings (SSSR count). The molecule has 1 aromatic heterocycles. The largest absolute Gasteiger partial charge is 0.508 e. The van der Waals surface area contributed by atoms with E-state index in [9.17, 15) is 103 Å². The number of carboxylic acid groups (broad SMARTS) is 2. The number of rotatable bonds is 41. The molecular weight excluding hydrogens is 1360 g/mol. The number of nitrogens with one attached hydrogen (secondary N) is 12. The van der Waals surface area contributed by atoms with Gasteiger partial charge in [0.05, 0.1) is 38.7 Å². The van der Waals surface area contributed by atoms with Crippen LogP contribution in [0.5, 0.6) is 11.5 Å². The first-order valence-electron chi connectivity index (χ1n) is 33.5. The summed E-state index contributed by atoms with van der Waals surface area (Å²) in [5.74, 6) is -15.8. The Bertz CT molecular complexity index is 3600. The third-order valence-electron chi connectivity index (χ3n) is 16.6. The van der Waals surface area contributed by atoms with Crippen LogP contribution in [0.25, 0.3) is 0 Å². The van der Waals surface area contributed by atoms with Crippen LogP contribution in [0.1, 0.15) is 89.1 Å². The van der Waals surface area contributed by atoms with Gasteiger partial charge in [0.1, 0.15) is 78.0 Å². The molecule has 0 radical (unpaired) electrons. The van der Waals surface area contributed by atoms with Crippen molar-refractivity contribution < 1.29 is 103 Å². The standard InChI is InChI=1S/C68H93N15O21/c1-35(2)24-49(68(103)104)74-54(89)30-71-59(94)45(21-22-55(90)91)75-65(100)53-12-9-23-83(53)67(102)48(28-41-29-70-34-72-41)78-57(92)37(5)73-60(95)46(26-39-13-17-42(87)18-14-39)76-63(98)51(32-85)81-66(101)56(36(3)4)82-64(99)52(33-86)80-61(96)47(27-40-15-19-43(88)20-16-40)77-62(97)50(31-84)79-58(93)44(69)25-38-10-7-6-8-11-38/h6-8,10-11,13-20,29,34-37,44-53,56,84-88H,9,12,21-28,30-33,69H2,1-5H3,(H,70,72)(H,71,94)(H,73,95)(H,74,89)(H,75,100)(H,76,98)(H,77,97)(H,78,92)(H,79,93)(H,80,96)(H,81,101)(H,82,99)(H,90,91)(H,103,104)/t37-,44-,45-,46-,47-,48-,49-,50-,51-,52-,53-,56-/m0/s1. The zero-order valence-electron chi connectivity index (χ0n) is 58.0. The number of nitrogens with two attached hydrogens (primary N) is 1. The minimum Gasteiger partial charge on any atom is -0.508 e. The Hall–Kier alpha value is -11.1. The summed E-state index contributed by atoms with van der Waals surface area (Å²) in [6.45, 7) is 3.74. The summed E-state index contributed by atoms with van der Waals surface area (Å²) in [6, 6.07) is 1.08. The Kier molecular flexibility index (Phi) is 33.0. The van der Waals surface area contributed by atoms with E-state index in [0.717, 1.165) is 4.90 Å². The molecule has 1 fully saturated rings. The van der Waals surface area contributed by atoms with Crippen LogP contribution in [0.15, 0.2) is 91.4 Å². The molecule has 0 aliphatic carbocycles. The molecule has 12 atom stereocenters. The van der Waals surface area contributed by atoms with E-state index in [1.807, 2.05) is 0 Å². The average Bonchev–Trinajstić information content (AvgIpc) is 1.62. The Morgan fingerprint density at radius 2 is 1.02 bits per heavy atom. The monoisotopic (exact) mass is 1460 g/mol. The number of benzene rings is 3. The van der Waals surface area contributed by atoms with Crippen LogP contribution in [0.4, 0.5) is 0 Å². The maximum atomic E-state index is 14.6. The highest BCUT2D eigenvalue weighted by Gasteiger charge is 2.41. The Balaban J connectivity index is 1.27. The highest BCUT2D eigenvalue weighted by Crippen LogP contribution is 2.21. The number of aliphatic hydroxyl groups excluding tert-OH is 3. The van der Waals surface area contributed by atoms with E-state index >= 15 is 0 Å². The van der Waals surface area contributed by atoms with Gasteiger partial charge in [-0.15, -0.1) is 0 Å². The summed E-state index contributed by atoms with van der Waals surface area (Å²) in [6.07, 6.45) is 1.08. The van der Waals surface area contributed by atoms with Crippen LogP contribution in [0.3, 0.4) is 0 Å². The lowest BCUT2D eigenvalue weighted by atomic mass is 10.0. The van der Waals surface area contributed by atoms with E-state index < -0.39 is 200 Å². The predicted molar refractivity (Wildman–Crippen MR) is 367 cm³/mol. The zero-order chi connectivity index (χ0) is 76.9. The number of aromatic nitrogens is 2. The molecule has 3 aromatic carbocycles. The van der Waals surface area contributed by atoms with E-state index in [2.05, 4.69) is 68.5 Å². The van der Waals surface area contributed by atoms with E-state index in [-0.39, 0.29) is 68.9 Å². The minimum absolute atomic E-state index is 0.0388. The normalized spacial score (nSPS) is 15.8. The van der Waals surface area contributed by atoms with E-state index in [1.54, 1.807) is 44.2 Å². The number of nitrogens with zero attached hydrogens (tertiary/aromatic N) is 2. The Morgan fingerprint density at radius 3 is 1.52 bits per heavy atom. The van der Waals surface area contributed by atoms with Crippen molar-refractivity contribution in [3.63, 3.8) is 0 Å². The van der Waals surface area contributed by atoms with Gasteiger partial charge in [0.2, 0.25) is 70.9 Å². The molecule has 36 heteroatoms. The van der Waals surface area contributed by atoms with Gasteiger partial charge in [-0.1, -0.05) is 82.3 Å². The molecule has 0 saturated carbocycles. The number of hydrogen-bond donors (Lipinski definition) is 20. The van der Waals surface area contributed by atoms with Crippen LogP contribution >= 0.6 is 0 Å². The van der Waals surface area contributed by atoms with Crippen molar-refractivity contribution in [2.24, 2.45) is 17.6 Å². The second-order valence-corrected chi connectivity index (χ2v) is 25.7. The Labute approximate surface area is 597 Å². The predicted octanol–water partition coefficient (Wildman–Crippen LogP) is -4.98. The van der Waals surface area contributed by atoms with Crippen molar-refractivity contribution in [2.45, 2.75) is 165 Å². The number of carboxylic acids is 2.